The fourth-order valence-electron chi connectivity index (χ4n) is 12.7. The lowest BCUT2D eigenvalue weighted by molar-refractivity contribution is -0.458. The van der Waals surface area contributed by atoms with Crippen molar-refractivity contribution in [2.24, 2.45) is 29.6 Å². The van der Waals surface area contributed by atoms with Crippen LogP contribution in [0.2, 0.25) is 0 Å². The van der Waals surface area contributed by atoms with Crippen molar-refractivity contribution in [2.45, 2.75) is 148 Å². The zero-order valence-electron chi connectivity index (χ0n) is 34.2. The molecular formula is C45H59NO12S2. The van der Waals surface area contributed by atoms with Crippen molar-refractivity contribution in [3.8, 4) is 11.5 Å². The Morgan fingerprint density at radius 2 is 1.92 bits per heavy atom. The maximum absolute atomic E-state index is 13.9. The van der Waals surface area contributed by atoms with Gasteiger partial charge in [-0.3, -0.25) is 4.79 Å². The molecule has 6 fully saturated rings. The number of aryl methyl sites for hydroxylation is 1. The van der Waals surface area contributed by atoms with Crippen LogP contribution in [0.25, 0.3) is 11.0 Å². The monoisotopic (exact) mass is 869 g/mol. The summed E-state index contributed by atoms with van der Waals surface area (Å²) in [5, 5.41) is 80.2. The fraction of sp³-hybridized carbons (Fsp3) is 0.711. The van der Waals surface area contributed by atoms with Gasteiger partial charge in [-0.05, 0) is 99.8 Å². The largest absolute Gasteiger partial charge is 0.482 e. The summed E-state index contributed by atoms with van der Waals surface area (Å²) >= 11 is 0. The Labute approximate surface area is 358 Å². The average molecular weight is 870 g/mol. The highest BCUT2D eigenvalue weighted by atomic mass is 33.1. The molecule has 4 saturated heterocycles. The maximum Gasteiger partial charge on any atom is 0.306 e. The van der Waals surface area contributed by atoms with Crippen molar-refractivity contribution >= 4 is 38.5 Å². The van der Waals surface area contributed by atoms with Gasteiger partial charge in [0.2, 0.25) is 5.75 Å². The lowest BCUT2D eigenvalue weighted by Gasteiger charge is -2.73. The number of allylic oxidation sites excluding steroid dienone is 1. The maximum atomic E-state index is 13.9. The highest BCUT2D eigenvalue weighted by Crippen LogP contribution is 2.69. The number of rotatable bonds is 5. The van der Waals surface area contributed by atoms with E-state index in [2.05, 4.69) is 12.2 Å². The third-order valence-electron chi connectivity index (χ3n) is 15.8. The first kappa shape index (κ1) is 41.7. The van der Waals surface area contributed by atoms with Gasteiger partial charge in [0.05, 0.1) is 30.3 Å². The molecule has 6 aliphatic heterocycles. The van der Waals surface area contributed by atoms with Crippen LogP contribution in [-0.4, -0.2) is 120 Å². The molecule has 15 heteroatoms. The zero-order valence-corrected chi connectivity index (χ0v) is 35.9. The third-order valence-corrected chi connectivity index (χ3v) is 19.2. The van der Waals surface area contributed by atoms with Crippen LogP contribution in [0.4, 0.5) is 0 Å². The molecule has 2 spiro atoms. The fourth-order valence-corrected chi connectivity index (χ4v) is 16.7. The number of benzene rings is 1. The van der Waals surface area contributed by atoms with Crippen molar-refractivity contribution in [2.75, 3.05) is 19.8 Å². The smallest absolute Gasteiger partial charge is 0.306 e. The van der Waals surface area contributed by atoms with E-state index in [-0.39, 0.29) is 55.1 Å². The molecule has 7 heterocycles. The molecule has 1 aromatic heterocycles. The number of fused-ring (bicyclic) bond motifs is 14. The summed E-state index contributed by atoms with van der Waals surface area (Å²) in [6, 6.07) is 3.81. The molecular weight excluding hydrogens is 811 g/mol. The van der Waals surface area contributed by atoms with E-state index in [9.17, 15) is 35.4 Å². The first-order valence-electron chi connectivity index (χ1n) is 22.2. The first-order valence-corrected chi connectivity index (χ1v) is 24.4. The van der Waals surface area contributed by atoms with Crippen molar-refractivity contribution in [3.63, 3.8) is 0 Å². The summed E-state index contributed by atoms with van der Waals surface area (Å²) in [7, 11) is 3.32. The normalized spacial score (nSPS) is 45.6. The standard InChI is InChI=1S/C45H59NO12S2/c1-3-54-35(50)14-10-25-17-26-15-16-55-37(26)39-38(25)57-43-20-28-7-11-29(56-39)21-46-31-18-24-9-13-33(31)59-60-40(28)45(58-43,34(49)6-4-5-23(24)2)42(52)19-27-8-12-32(48)30(22-47)36(27)44(43,53)41(42)51/h8,12,15-17,20,23-24,27,29-34,36,40-41,46-49,51-53H,3-7,9-11,13-14,18-19,21-22H2,1-2H3. The van der Waals surface area contributed by atoms with E-state index >= 15 is 0 Å². The number of hydrogen-bond acceptors (Lipinski definition) is 15. The summed E-state index contributed by atoms with van der Waals surface area (Å²) in [4.78, 5) is 12.9. The molecule has 2 aromatic rings. The molecule has 11 rings (SSSR count). The SMILES string of the molecule is CCOC(=O)CCc1cc2ccoc2c2c1OC13C=C4CCC(CNC5CC6CCC5SSC4C(O1)(C(O)CCCC6C)C1(O)CC4C=CC(O)C(CO)C4C3(O)C1O)O2. The van der Waals surface area contributed by atoms with E-state index < -0.39 is 82.6 Å². The summed E-state index contributed by atoms with van der Waals surface area (Å²) in [5.74, 6) is -4.24. The molecule has 10 bridgehead atoms. The topological polar surface area (TPSA) is 201 Å². The van der Waals surface area contributed by atoms with Crippen LogP contribution >= 0.6 is 21.6 Å². The van der Waals surface area contributed by atoms with Crippen molar-refractivity contribution in [1.82, 2.24) is 5.32 Å². The Kier molecular flexibility index (Phi) is 10.7. The second kappa shape index (κ2) is 15.4. The Bertz CT molecular complexity index is 2040. The van der Waals surface area contributed by atoms with Gasteiger partial charge in [0.1, 0.15) is 23.4 Å². The Hall–Kier alpha value is -2.31. The molecule has 13 nitrogen and oxygen atoms in total. The van der Waals surface area contributed by atoms with E-state index in [1.54, 1.807) is 53.0 Å². The summed E-state index contributed by atoms with van der Waals surface area (Å²) in [6.07, 6.45) is 7.58. The number of aliphatic hydroxyl groups is 6. The second-order valence-electron chi connectivity index (χ2n) is 18.9. The van der Waals surface area contributed by atoms with Gasteiger partial charge < -0.3 is 59.3 Å². The number of ether oxygens (including phenoxy) is 4. The van der Waals surface area contributed by atoms with Gasteiger partial charge in [-0.15, -0.1) is 0 Å². The van der Waals surface area contributed by atoms with Crippen LogP contribution in [0.15, 0.2) is 46.6 Å². The zero-order chi connectivity index (χ0) is 41.8. The van der Waals surface area contributed by atoms with E-state index in [1.165, 1.54) is 0 Å². The minimum atomic E-state index is -2.52. The minimum absolute atomic E-state index is 0.00487. The molecule has 16 unspecified atom stereocenters. The van der Waals surface area contributed by atoms with Crippen LogP contribution in [0.5, 0.6) is 11.5 Å². The lowest BCUT2D eigenvalue weighted by Crippen LogP contribution is -2.92. The number of hydrogen-bond donors (Lipinski definition) is 7. The quantitative estimate of drug-likeness (QED) is 0.127. The molecule has 328 valence electrons. The van der Waals surface area contributed by atoms with Crippen LogP contribution < -0.4 is 14.8 Å². The molecule has 0 amide bonds. The summed E-state index contributed by atoms with van der Waals surface area (Å²) < 4.78 is 33.5. The van der Waals surface area contributed by atoms with Crippen molar-refractivity contribution < 1.29 is 58.8 Å². The number of aliphatic hydroxyl groups excluding tert-OH is 4. The van der Waals surface area contributed by atoms with Gasteiger partial charge in [0, 0.05) is 48.1 Å². The Morgan fingerprint density at radius 3 is 2.73 bits per heavy atom. The molecule has 3 aliphatic carbocycles. The molecule has 2 saturated carbocycles. The summed E-state index contributed by atoms with van der Waals surface area (Å²) in [5.41, 5.74) is -4.97. The minimum Gasteiger partial charge on any atom is -0.482 e. The molecule has 7 N–H and O–H groups in total. The van der Waals surface area contributed by atoms with Gasteiger partial charge in [-0.1, -0.05) is 59.1 Å². The molecule has 60 heavy (non-hydrogen) atoms. The van der Waals surface area contributed by atoms with E-state index in [1.807, 2.05) is 12.1 Å². The number of nitrogens with one attached hydrogen (secondary N) is 1. The molecule has 9 aliphatic rings. The predicted molar refractivity (Wildman–Crippen MR) is 224 cm³/mol. The number of carbonyl (C=O) groups excluding carboxylic acids is 1. The number of furan rings is 1. The molecule has 1 aromatic carbocycles. The Balaban J connectivity index is 1.27. The number of carbonyl (C=O) groups is 1. The number of esters is 1. The average Bonchev–Trinajstić information content (AvgIpc) is 3.70. The lowest BCUT2D eigenvalue weighted by atomic mass is 9.46. The van der Waals surface area contributed by atoms with E-state index in [4.69, 9.17) is 23.4 Å². The molecule has 0 radical (unpaired) electrons. The van der Waals surface area contributed by atoms with Gasteiger partial charge in [-0.2, -0.15) is 0 Å². The summed E-state index contributed by atoms with van der Waals surface area (Å²) in [6.45, 7) is 4.24. The van der Waals surface area contributed by atoms with Crippen LogP contribution in [0.3, 0.4) is 0 Å². The molecule has 16 atom stereocenters. The van der Waals surface area contributed by atoms with Gasteiger partial charge in [-0.25, -0.2) is 0 Å². The Morgan fingerprint density at radius 1 is 1.07 bits per heavy atom. The van der Waals surface area contributed by atoms with Crippen LogP contribution in [-0.2, 0) is 20.7 Å². The first-order chi connectivity index (χ1) is 28.9. The van der Waals surface area contributed by atoms with Gasteiger partial charge in [0.15, 0.2) is 16.9 Å². The van der Waals surface area contributed by atoms with E-state index in [0.717, 1.165) is 31.3 Å². The van der Waals surface area contributed by atoms with Crippen LogP contribution in [0, 0.1) is 29.6 Å². The van der Waals surface area contributed by atoms with Crippen molar-refractivity contribution in [1.29, 1.82) is 0 Å². The van der Waals surface area contributed by atoms with Gasteiger partial charge in [0.25, 0.3) is 5.79 Å². The van der Waals surface area contributed by atoms with Crippen molar-refractivity contribution in [3.05, 3.63) is 47.8 Å². The highest BCUT2D eigenvalue weighted by Gasteiger charge is 2.85. The van der Waals surface area contributed by atoms with Gasteiger partial charge >= 0.3 is 5.97 Å². The second-order valence-corrected chi connectivity index (χ2v) is 21.5. The van der Waals surface area contributed by atoms with E-state index in [0.29, 0.717) is 54.2 Å². The predicted octanol–water partition coefficient (Wildman–Crippen LogP) is 4.32. The third kappa shape index (κ3) is 6.07. The van der Waals surface area contributed by atoms with Crippen LogP contribution in [0.1, 0.15) is 83.6 Å². The highest BCUT2D eigenvalue weighted by molar-refractivity contribution is 8.77.